The molecule has 10 heteroatoms. The molecule has 1 amide bonds. The minimum atomic E-state index is -0.994. The maximum atomic E-state index is 11.6. The van der Waals surface area contributed by atoms with Crippen LogP contribution < -0.4 is 11.2 Å². The fourth-order valence-corrected chi connectivity index (χ4v) is 2.76. The van der Waals surface area contributed by atoms with Crippen LogP contribution in [0.1, 0.15) is 15.9 Å². The van der Waals surface area contributed by atoms with Crippen LogP contribution in [-0.4, -0.2) is 39.1 Å². The van der Waals surface area contributed by atoms with Gasteiger partial charge in [-0.2, -0.15) is 5.10 Å². The average Bonchev–Trinajstić information content (AvgIpc) is 2.91. The normalized spacial score (nSPS) is 10.7. The molecule has 0 fully saturated rings. The summed E-state index contributed by atoms with van der Waals surface area (Å²) in [6.07, 6.45) is 1.43. The van der Waals surface area contributed by atoms with Gasteiger partial charge in [0.05, 0.1) is 17.5 Å². The summed E-state index contributed by atoms with van der Waals surface area (Å²) >= 11 is 2.42. The SMILES string of the molecule is Nc1nnc(SCC(=O)NN=Cc2ccc(C(=O)O)cc2)s1. The number of rotatable bonds is 6. The van der Waals surface area contributed by atoms with Gasteiger partial charge in [-0.3, -0.25) is 4.79 Å². The van der Waals surface area contributed by atoms with Gasteiger partial charge in [0.15, 0.2) is 4.34 Å². The van der Waals surface area contributed by atoms with Gasteiger partial charge in [0.25, 0.3) is 5.91 Å². The Balaban J connectivity index is 1.78. The maximum absolute atomic E-state index is 11.6. The van der Waals surface area contributed by atoms with Gasteiger partial charge in [-0.05, 0) is 17.7 Å². The third kappa shape index (κ3) is 4.82. The number of nitrogens with zero attached hydrogens (tertiary/aromatic N) is 3. The predicted molar refractivity (Wildman–Crippen MR) is 84.2 cm³/mol. The van der Waals surface area contributed by atoms with Crippen molar-refractivity contribution in [3.63, 3.8) is 0 Å². The number of benzene rings is 1. The molecule has 2 aromatic rings. The monoisotopic (exact) mass is 337 g/mol. The number of nitrogens with two attached hydrogens (primary N) is 1. The van der Waals surface area contributed by atoms with Crippen molar-refractivity contribution in [2.45, 2.75) is 4.34 Å². The number of aromatic nitrogens is 2. The third-order valence-electron chi connectivity index (χ3n) is 2.31. The number of carbonyl (C=O) groups excluding carboxylic acids is 1. The van der Waals surface area contributed by atoms with Crippen molar-refractivity contribution >= 4 is 46.3 Å². The fourth-order valence-electron chi connectivity index (χ4n) is 1.33. The number of aromatic carboxylic acids is 1. The number of anilines is 1. The van der Waals surface area contributed by atoms with E-state index in [1.165, 1.54) is 41.4 Å². The molecule has 8 nitrogen and oxygen atoms in total. The summed E-state index contributed by atoms with van der Waals surface area (Å²) in [5.41, 5.74) is 8.66. The number of carboxylic acid groups (broad SMARTS) is 1. The van der Waals surface area contributed by atoms with Crippen molar-refractivity contribution in [3.05, 3.63) is 35.4 Å². The van der Waals surface area contributed by atoms with E-state index in [9.17, 15) is 9.59 Å². The molecule has 22 heavy (non-hydrogen) atoms. The summed E-state index contributed by atoms with van der Waals surface area (Å²) < 4.78 is 0.612. The number of hydrogen-bond acceptors (Lipinski definition) is 8. The molecule has 0 aliphatic carbocycles. The number of nitrogens with one attached hydrogen (secondary N) is 1. The molecule has 0 atom stereocenters. The second kappa shape index (κ2) is 7.52. The number of nitrogen functional groups attached to an aromatic ring is 1. The van der Waals surface area contributed by atoms with Crippen LogP contribution in [0.15, 0.2) is 33.7 Å². The Bertz CT molecular complexity index is 699. The molecule has 0 unspecified atom stereocenters. The molecule has 2 rings (SSSR count). The van der Waals surface area contributed by atoms with Gasteiger partial charge in [-0.1, -0.05) is 35.2 Å². The van der Waals surface area contributed by atoms with Gasteiger partial charge in [-0.25, -0.2) is 10.2 Å². The summed E-state index contributed by atoms with van der Waals surface area (Å²) in [6.45, 7) is 0. The number of hydrazone groups is 1. The zero-order valence-corrected chi connectivity index (χ0v) is 12.7. The second-order valence-electron chi connectivity index (χ2n) is 3.92. The van der Waals surface area contributed by atoms with E-state index in [1.54, 1.807) is 12.1 Å². The summed E-state index contributed by atoms with van der Waals surface area (Å²) in [6, 6.07) is 6.11. The molecule has 0 saturated carbocycles. The van der Waals surface area contributed by atoms with Gasteiger partial charge in [0.2, 0.25) is 5.13 Å². The summed E-state index contributed by atoms with van der Waals surface area (Å²) in [4.78, 5) is 22.3. The zero-order valence-electron chi connectivity index (χ0n) is 11.1. The topological polar surface area (TPSA) is 131 Å². The van der Waals surface area contributed by atoms with Crippen LogP contribution >= 0.6 is 23.1 Å². The molecule has 0 radical (unpaired) electrons. The molecule has 1 aromatic carbocycles. The van der Waals surface area contributed by atoms with Crippen LogP contribution in [0.4, 0.5) is 5.13 Å². The Hall–Kier alpha value is -2.46. The van der Waals surface area contributed by atoms with E-state index in [2.05, 4.69) is 20.7 Å². The summed E-state index contributed by atoms with van der Waals surface area (Å²) in [5.74, 6) is -1.15. The predicted octanol–water partition coefficient (Wildman–Crippen LogP) is 1.06. The van der Waals surface area contributed by atoms with Crippen LogP contribution in [0.25, 0.3) is 0 Å². The Kier molecular flexibility index (Phi) is 5.44. The number of hydrogen-bond donors (Lipinski definition) is 3. The van der Waals surface area contributed by atoms with Crippen molar-refractivity contribution < 1.29 is 14.7 Å². The van der Waals surface area contributed by atoms with Crippen molar-refractivity contribution in [1.82, 2.24) is 15.6 Å². The molecule has 0 bridgehead atoms. The Morgan fingerprint density at radius 3 is 2.68 bits per heavy atom. The van der Waals surface area contributed by atoms with E-state index in [0.29, 0.717) is 15.0 Å². The highest BCUT2D eigenvalue weighted by Gasteiger charge is 2.06. The first-order valence-electron chi connectivity index (χ1n) is 5.91. The van der Waals surface area contributed by atoms with E-state index in [4.69, 9.17) is 10.8 Å². The van der Waals surface area contributed by atoms with Crippen LogP contribution in [0.5, 0.6) is 0 Å². The van der Waals surface area contributed by atoms with E-state index < -0.39 is 5.97 Å². The molecule has 0 spiro atoms. The smallest absolute Gasteiger partial charge is 0.335 e. The van der Waals surface area contributed by atoms with Crippen molar-refractivity contribution in [2.75, 3.05) is 11.5 Å². The largest absolute Gasteiger partial charge is 0.478 e. The first-order valence-corrected chi connectivity index (χ1v) is 7.72. The number of carbonyl (C=O) groups is 2. The quantitative estimate of drug-likeness (QED) is 0.408. The number of amides is 1. The molecular weight excluding hydrogens is 326 g/mol. The lowest BCUT2D eigenvalue weighted by atomic mass is 10.1. The average molecular weight is 337 g/mol. The maximum Gasteiger partial charge on any atom is 0.335 e. The molecule has 114 valence electrons. The highest BCUT2D eigenvalue weighted by Crippen LogP contribution is 2.22. The lowest BCUT2D eigenvalue weighted by molar-refractivity contribution is -0.118. The highest BCUT2D eigenvalue weighted by atomic mass is 32.2. The zero-order chi connectivity index (χ0) is 15.9. The van der Waals surface area contributed by atoms with Gasteiger partial charge < -0.3 is 10.8 Å². The van der Waals surface area contributed by atoms with Crippen molar-refractivity contribution in [2.24, 2.45) is 5.10 Å². The van der Waals surface area contributed by atoms with E-state index >= 15 is 0 Å². The van der Waals surface area contributed by atoms with Crippen molar-refractivity contribution in [3.8, 4) is 0 Å². The van der Waals surface area contributed by atoms with Gasteiger partial charge in [0, 0.05) is 0 Å². The van der Waals surface area contributed by atoms with E-state index in [0.717, 1.165) is 0 Å². The first kappa shape index (κ1) is 15.9. The van der Waals surface area contributed by atoms with Crippen LogP contribution in [0.2, 0.25) is 0 Å². The molecule has 0 aliphatic rings. The Morgan fingerprint density at radius 1 is 1.36 bits per heavy atom. The Morgan fingerprint density at radius 2 is 2.09 bits per heavy atom. The third-order valence-corrected chi connectivity index (χ3v) is 4.20. The Labute approximate surface area is 133 Å². The molecule has 1 heterocycles. The minimum Gasteiger partial charge on any atom is -0.478 e. The van der Waals surface area contributed by atoms with Gasteiger partial charge in [-0.15, -0.1) is 10.2 Å². The van der Waals surface area contributed by atoms with E-state index in [1.807, 2.05) is 0 Å². The van der Waals surface area contributed by atoms with Gasteiger partial charge in [0.1, 0.15) is 0 Å². The fraction of sp³-hybridized carbons (Fsp3) is 0.0833. The molecule has 0 aliphatic heterocycles. The molecule has 4 N–H and O–H groups in total. The molecule has 0 saturated heterocycles. The van der Waals surface area contributed by atoms with Crippen molar-refractivity contribution in [1.29, 1.82) is 0 Å². The van der Waals surface area contributed by atoms with E-state index in [-0.39, 0.29) is 17.2 Å². The van der Waals surface area contributed by atoms with Crippen LogP contribution in [-0.2, 0) is 4.79 Å². The minimum absolute atomic E-state index is 0.143. The molecule has 1 aromatic heterocycles. The second-order valence-corrected chi connectivity index (χ2v) is 6.15. The number of thioether (sulfide) groups is 1. The lowest BCUT2D eigenvalue weighted by Crippen LogP contribution is -2.19. The summed E-state index contributed by atoms with van der Waals surface area (Å²) in [7, 11) is 0. The molecular formula is C12H11N5O3S2. The first-order chi connectivity index (χ1) is 10.5. The van der Waals surface area contributed by atoms with Gasteiger partial charge >= 0.3 is 5.97 Å². The standard InChI is InChI=1S/C12H11N5O3S2/c13-11-16-17-12(22-11)21-6-9(18)15-14-5-7-1-3-8(4-2-7)10(19)20/h1-5H,6H2,(H2,13,16)(H,15,18)(H,19,20). The van der Waals surface area contributed by atoms with Crippen LogP contribution in [0, 0.1) is 0 Å². The lowest BCUT2D eigenvalue weighted by Gasteiger charge is -1.98. The highest BCUT2D eigenvalue weighted by molar-refractivity contribution is 8.01. The van der Waals surface area contributed by atoms with Crippen LogP contribution in [0.3, 0.4) is 0 Å². The summed E-state index contributed by atoms with van der Waals surface area (Å²) in [5, 5.41) is 20.3. The number of carboxylic acids is 1.